The van der Waals surface area contributed by atoms with Crippen molar-refractivity contribution in [2.45, 2.75) is 49.2 Å². The Morgan fingerprint density at radius 2 is 1.37 bits per heavy atom. The zero-order chi connectivity index (χ0) is 39.1. The van der Waals surface area contributed by atoms with Gasteiger partial charge in [-0.25, -0.2) is 14.4 Å². The number of hydrogen-bond acceptors (Lipinski definition) is 11. The molecule has 3 fully saturated rings. The van der Waals surface area contributed by atoms with E-state index < -0.39 is 65.0 Å². The fraction of sp³-hybridized carbons (Fsp3) is 0.389. The minimum atomic E-state index is -4.70. The predicted octanol–water partition coefficient (Wildman–Crippen LogP) is 6.12. The summed E-state index contributed by atoms with van der Waals surface area (Å²) in [5, 5.41) is 0. The highest BCUT2D eigenvalue weighted by Crippen LogP contribution is 2.51. The maximum atomic E-state index is 13.9. The molecule has 2 spiro atoms. The SMILES string of the molecule is COc1ccc(C(=O)N2C(=O)OC3(CCN(CCCOC(c4cccc(C(F)(F)F)c4)c4cccc(C(F)(F)F)c4)CC3)C23OC(=O)C(=O)O3)c(OC)c1. The van der Waals surface area contributed by atoms with E-state index in [1.807, 2.05) is 4.90 Å². The number of likely N-dealkylation sites (tertiary alicyclic amines) is 1. The van der Waals surface area contributed by atoms with Crippen molar-refractivity contribution >= 4 is 23.9 Å². The Morgan fingerprint density at radius 3 is 1.89 bits per heavy atom. The van der Waals surface area contributed by atoms with E-state index in [-0.39, 0.29) is 61.4 Å². The van der Waals surface area contributed by atoms with Crippen molar-refractivity contribution in [2.24, 2.45) is 0 Å². The van der Waals surface area contributed by atoms with Crippen LogP contribution in [0.2, 0.25) is 0 Å². The number of fused-ring (bicyclic) bond motifs is 1. The summed E-state index contributed by atoms with van der Waals surface area (Å²) < 4.78 is 114. The third-order valence-corrected chi connectivity index (χ3v) is 9.41. The van der Waals surface area contributed by atoms with Crippen molar-refractivity contribution in [3.63, 3.8) is 0 Å². The first-order valence-electron chi connectivity index (χ1n) is 16.5. The fourth-order valence-corrected chi connectivity index (χ4v) is 6.73. The highest BCUT2D eigenvalue weighted by atomic mass is 19.4. The van der Waals surface area contributed by atoms with Crippen LogP contribution in [0.25, 0.3) is 0 Å². The maximum Gasteiger partial charge on any atom is 0.424 e. The first-order chi connectivity index (χ1) is 25.5. The summed E-state index contributed by atoms with van der Waals surface area (Å²) in [4.78, 5) is 54.4. The van der Waals surface area contributed by atoms with E-state index in [9.17, 15) is 45.5 Å². The van der Waals surface area contributed by atoms with Gasteiger partial charge in [-0.1, -0.05) is 24.3 Å². The molecule has 0 aromatic heterocycles. The lowest BCUT2D eigenvalue weighted by Crippen LogP contribution is -2.64. The van der Waals surface area contributed by atoms with E-state index in [1.165, 1.54) is 44.6 Å². The largest absolute Gasteiger partial charge is 0.497 e. The molecule has 0 unspecified atom stereocenters. The van der Waals surface area contributed by atoms with Crippen LogP contribution >= 0.6 is 0 Å². The van der Waals surface area contributed by atoms with Gasteiger partial charge in [0.15, 0.2) is 0 Å². The average molecular weight is 767 g/mol. The van der Waals surface area contributed by atoms with Gasteiger partial charge in [-0.15, -0.1) is 0 Å². The second-order valence-electron chi connectivity index (χ2n) is 12.6. The van der Waals surface area contributed by atoms with E-state index in [1.54, 1.807) is 0 Å². The summed E-state index contributed by atoms with van der Waals surface area (Å²) in [5.41, 5.74) is -3.93. The number of esters is 2. The highest BCUT2D eigenvalue weighted by molar-refractivity contribution is 6.31. The van der Waals surface area contributed by atoms with Crippen LogP contribution in [0.15, 0.2) is 66.7 Å². The lowest BCUT2D eigenvalue weighted by Gasteiger charge is -2.43. The zero-order valence-electron chi connectivity index (χ0n) is 28.6. The van der Waals surface area contributed by atoms with Crippen LogP contribution in [0.4, 0.5) is 31.1 Å². The average Bonchev–Trinajstić information content (AvgIpc) is 3.56. The molecule has 54 heavy (non-hydrogen) atoms. The first kappa shape index (κ1) is 38.4. The van der Waals surface area contributed by atoms with Crippen LogP contribution in [-0.2, 0) is 40.9 Å². The Bertz CT molecular complexity index is 1870. The van der Waals surface area contributed by atoms with Crippen LogP contribution in [0, 0.1) is 0 Å². The van der Waals surface area contributed by atoms with E-state index in [0.29, 0.717) is 17.2 Å². The van der Waals surface area contributed by atoms with Gasteiger partial charge in [0.05, 0.1) is 30.9 Å². The number of ether oxygens (including phenoxy) is 6. The van der Waals surface area contributed by atoms with Crippen LogP contribution in [0.5, 0.6) is 11.5 Å². The topological polar surface area (TPSA) is 130 Å². The third-order valence-electron chi connectivity index (χ3n) is 9.41. The molecule has 12 nitrogen and oxygen atoms in total. The van der Waals surface area contributed by atoms with Crippen molar-refractivity contribution in [1.82, 2.24) is 9.80 Å². The smallest absolute Gasteiger partial charge is 0.424 e. The number of imide groups is 1. The highest BCUT2D eigenvalue weighted by Gasteiger charge is 2.77. The number of amides is 2. The number of piperidine rings is 1. The Balaban J connectivity index is 1.16. The number of alkyl halides is 6. The Hall–Kier alpha value is -5.36. The molecule has 0 aliphatic carbocycles. The van der Waals surface area contributed by atoms with Crippen LogP contribution < -0.4 is 9.47 Å². The van der Waals surface area contributed by atoms with Crippen molar-refractivity contribution in [3.8, 4) is 11.5 Å². The number of rotatable bonds is 10. The normalized spacial score (nSPS) is 18.2. The van der Waals surface area contributed by atoms with Crippen molar-refractivity contribution in [1.29, 1.82) is 0 Å². The number of carbonyl (C=O) groups excluding carboxylic acids is 4. The molecule has 0 N–H and O–H groups in total. The van der Waals surface area contributed by atoms with E-state index in [0.717, 1.165) is 36.4 Å². The second kappa shape index (κ2) is 14.5. The number of halogens is 6. The molecule has 288 valence electrons. The third kappa shape index (κ3) is 7.14. The molecular formula is C36H32F6N2O10. The minimum Gasteiger partial charge on any atom is -0.497 e. The van der Waals surface area contributed by atoms with Gasteiger partial charge in [-0.05, 0) is 53.9 Å². The van der Waals surface area contributed by atoms with Gasteiger partial charge in [0, 0.05) is 45.1 Å². The number of hydrogen-bond donors (Lipinski definition) is 0. The van der Waals surface area contributed by atoms with Crippen LogP contribution in [-0.4, -0.2) is 85.7 Å². The summed E-state index contributed by atoms with van der Waals surface area (Å²) in [6, 6.07) is 12.4. The molecule has 3 saturated heterocycles. The zero-order valence-corrected chi connectivity index (χ0v) is 28.6. The van der Waals surface area contributed by atoms with Gasteiger partial charge in [-0.2, -0.15) is 31.2 Å². The molecule has 0 bridgehead atoms. The van der Waals surface area contributed by atoms with Gasteiger partial charge >= 0.3 is 36.3 Å². The van der Waals surface area contributed by atoms with Crippen molar-refractivity contribution in [3.05, 3.63) is 94.5 Å². The molecule has 3 heterocycles. The molecule has 0 radical (unpaired) electrons. The summed E-state index contributed by atoms with van der Waals surface area (Å²) in [6.45, 7) is 0.532. The Labute approximate surface area is 303 Å². The van der Waals surface area contributed by atoms with Gasteiger partial charge in [0.1, 0.15) is 17.6 Å². The minimum absolute atomic E-state index is 0.000657. The molecule has 3 aliphatic rings. The molecule has 0 atom stereocenters. The fourth-order valence-electron chi connectivity index (χ4n) is 6.73. The molecule has 0 saturated carbocycles. The summed E-state index contributed by atoms with van der Waals surface area (Å²) in [7, 11) is 2.67. The summed E-state index contributed by atoms with van der Waals surface area (Å²) in [6.07, 6.45) is -11.8. The van der Waals surface area contributed by atoms with Crippen molar-refractivity contribution in [2.75, 3.05) is 40.5 Å². The quantitative estimate of drug-likeness (QED) is 0.102. The van der Waals surface area contributed by atoms with Crippen LogP contribution in [0.1, 0.15) is 58.0 Å². The summed E-state index contributed by atoms with van der Waals surface area (Å²) in [5.74, 6) is -6.17. The Morgan fingerprint density at radius 1 is 0.796 bits per heavy atom. The van der Waals surface area contributed by atoms with Crippen LogP contribution in [0.3, 0.4) is 0 Å². The predicted molar refractivity (Wildman–Crippen MR) is 171 cm³/mol. The van der Waals surface area contributed by atoms with Gasteiger partial charge < -0.3 is 33.3 Å². The van der Waals surface area contributed by atoms with Gasteiger partial charge in [0.25, 0.3) is 5.91 Å². The Kier molecular flexibility index (Phi) is 10.3. The molecule has 3 aromatic carbocycles. The standard InChI is InChI=1S/C36H32F6N2O10/c1-49-25-10-11-26(27(20-25)50-2)29(45)44-32(48)54-33(36(44)52-30(46)31(47)53-36)12-15-43(16-13-33)14-5-17-51-28(21-6-3-8-23(18-21)34(37,38)39)22-7-4-9-24(19-22)35(40,41)42/h3-4,6-11,18-20,28H,5,12-17H2,1-2H3. The first-order valence-corrected chi connectivity index (χ1v) is 16.5. The lowest BCUT2D eigenvalue weighted by molar-refractivity contribution is -0.277. The number of benzene rings is 3. The number of nitrogens with zero attached hydrogens (tertiary/aromatic N) is 2. The molecule has 2 amide bonds. The maximum absolute atomic E-state index is 13.9. The van der Waals surface area contributed by atoms with Crippen molar-refractivity contribution < 1.29 is 73.9 Å². The monoisotopic (exact) mass is 766 g/mol. The number of methoxy groups -OCH3 is 2. The second-order valence-corrected chi connectivity index (χ2v) is 12.6. The van der Waals surface area contributed by atoms with Gasteiger partial charge in [-0.3, -0.25) is 4.79 Å². The lowest BCUT2D eigenvalue weighted by atomic mass is 9.86. The van der Waals surface area contributed by atoms with E-state index in [4.69, 9.17) is 28.4 Å². The van der Waals surface area contributed by atoms with E-state index in [2.05, 4.69) is 0 Å². The number of carbonyl (C=O) groups is 4. The summed E-state index contributed by atoms with van der Waals surface area (Å²) >= 11 is 0. The molecule has 6 rings (SSSR count). The molecule has 18 heteroatoms. The van der Waals surface area contributed by atoms with Gasteiger partial charge in [0.2, 0.25) is 5.60 Å². The molecular weight excluding hydrogens is 734 g/mol. The molecule has 3 aliphatic heterocycles. The molecule has 3 aromatic rings. The van der Waals surface area contributed by atoms with E-state index >= 15 is 0 Å².